The molecular formula is C17H22BrN3O2. The second kappa shape index (κ2) is 7.64. The number of carbonyl (C=O) groups is 1. The molecule has 1 aromatic heterocycles. The fourth-order valence-electron chi connectivity index (χ4n) is 2.43. The molecule has 5 nitrogen and oxygen atoms in total. The Hall–Kier alpha value is -1.82. The highest BCUT2D eigenvalue weighted by Crippen LogP contribution is 2.17. The van der Waals surface area contributed by atoms with Gasteiger partial charge >= 0.3 is 0 Å². The first-order chi connectivity index (χ1) is 11.0. The van der Waals surface area contributed by atoms with Gasteiger partial charge in [-0.15, -0.1) is 0 Å². The fraction of sp³-hybridized carbons (Fsp3) is 0.412. The Labute approximate surface area is 144 Å². The van der Waals surface area contributed by atoms with Crippen molar-refractivity contribution in [3.05, 3.63) is 46.4 Å². The quantitative estimate of drug-likeness (QED) is 0.782. The number of carbonyl (C=O) groups excluding carboxylic acids is 1. The van der Waals surface area contributed by atoms with Crippen LogP contribution >= 0.6 is 15.9 Å². The fourth-order valence-corrected chi connectivity index (χ4v) is 2.87. The van der Waals surface area contributed by atoms with Crippen molar-refractivity contribution in [2.45, 2.75) is 37.9 Å². The molecule has 0 aliphatic rings. The predicted octanol–water partition coefficient (Wildman–Crippen LogP) is 3.38. The summed E-state index contributed by atoms with van der Waals surface area (Å²) in [7, 11) is 1.81. The molecule has 0 saturated carbocycles. The maximum absolute atomic E-state index is 12.7. The standard InChI is InChI=1S/C17H22BrN3O2/c1-4-5-11-14(18)16(22)19-15-12(2)20(3)21(17(15)23)13-9-7-6-8-10-13/h6-10,14H,4-5,11H2,1-3H3,(H,19,22). The van der Waals surface area contributed by atoms with Gasteiger partial charge in [0.1, 0.15) is 5.69 Å². The van der Waals surface area contributed by atoms with Crippen LogP contribution in [0.5, 0.6) is 0 Å². The van der Waals surface area contributed by atoms with Crippen molar-refractivity contribution in [3.8, 4) is 5.69 Å². The largest absolute Gasteiger partial charge is 0.319 e. The third-order valence-electron chi connectivity index (χ3n) is 3.90. The Morgan fingerprint density at radius 3 is 2.57 bits per heavy atom. The van der Waals surface area contributed by atoms with Crippen LogP contribution in [0.25, 0.3) is 5.69 Å². The lowest BCUT2D eigenvalue weighted by atomic mass is 10.2. The first kappa shape index (κ1) is 17.5. The van der Waals surface area contributed by atoms with E-state index in [-0.39, 0.29) is 16.3 Å². The Bertz CT molecular complexity index is 734. The Balaban J connectivity index is 2.31. The lowest BCUT2D eigenvalue weighted by Gasteiger charge is -2.09. The minimum absolute atomic E-state index is 0.176. The van der Waals surface area contributed by atoms with E-state index in [2.05, 4.69) is 28.2 Å². The molecule has 0 saturated heterocycles. The van der Waals surface area contributed by atoms with E-state index in [9.17, 15) is 9.59 Å². The minimum atomic E-state index is -0.286. The first-order valence-electron chi connectivity index (χ1n) is 7.76. The van der Waals surface area contributed by atoms with Crippen LogP contribution in [-0.2, 0) is 11.8 Å². The van der Waals surface area contributed by atoms with E-state index >= 15 is 0 Å². The number of anilines is 1. The van der Waals surface area contributed by atoms with E-state index < -0.39 is 0 Å². The number of alkyl halides is 1. The van der Waals surface area contributed by atoms with Crippen LogP contribution in [0.4, 0.5) is 5.69 Å². The van der Waals surface area contributed by atoms with Gasteiger partial charge in [0.15, 0.2) is 0 Å². The molecule has 0 fully saturated rings. The van der Waals surface area contributed by atoms with Crippen LogP contribution in [-0.4, -0.2) is 20.1 Å². The Morgan fingerprint density at radius 1 is 1.30 bits per heavy atom. The molecule has 124 valence electrons. The van der Waals surface area contributed by atoms with Crippen molar-refractivity contribution in [2.75, 3.05) is 5.32 Å². The summed E-state index contributed by atoms with van der Waals surface area (Å²) in [5.41, 5.74) is 1.61. The molecule has 0 aliphatic heterocycles. The van der Waals surface area contributed by atoms with Crippen LogP contribution in [0, 0.1) is 6.92 Å². The molecule has 23 heavy (non-hydrogen) atoms. The first-order valence-corrected chi connectivity index (χ1v) is 8.67. The van der Waals surface area contributed by atoms with Crippen molar-refractivity contribution in [3.63, 3.8) is 0 Å². The van der Waals surface area contributed by atoms with Crippen LogP contribution in [0.3, 0.4) is 0 Å². The van der Waals surface area contributed by atoms with Gasteiger partial charge in [0.2, 0.25) is 5.91 Å². The summed E-state index contributed by atoms with van der Waals surface area (Å²) >= 11 is 3.39. The number of halogens is 1. The normalized spacial score (nSPS) is 12.2. The smallest absolute Gasteiger partial charge is 0.295 e. The van der Waals surface area contributed by atoms with Crippen LogP contribution in [0.1, 0.15) is 31.9 Å². The summed E-state index contributed by atoms with van der Waals surface area (Å²) in [6, 6.07) is 9.38. The summed E-state index contributed by atoms with van der Waals surface area (Å²) in [5.74, 6) is -0.176. The topological polar surface area (TPSA) is 56.0 Å². The number of benzene rings is 1. The molecule has 1 amide bonds. The van der Waals surface area contributed by atoms with E-state index in [1.807, 2.05) is 44.3 Å². The number of hydrogen-bond donors (Lipinski definition) is 1. The van der Waals surface area contributed by atoms with E-state index in [0.717, 1.165) is 30.6 Å². The number of para-hydroxylation sites is 1. The van der Waals surface area contributed by atoms with Gasteiger partial charge in [-0.25, -0.2) is 4.68 Å². The number of aromatic nitrogens is 2. The summed E-state index contributed by atoms with van der Waals surface area (Å²) < 4.78 is 3.31. The third kappa shape index (κ3) is 3.75. The highest BCUT2D eigenvalue weighted by atomic mass is 79.9. The zero-order valence-electron chi connectivity index (χ0n) is 13.7. The predicted molar refractivity (Wildman–Crippen MR) is 96.6 cm³/mol. The number of hydrogen-bond acceptors (Lipinski definition) is 2. The van der Waals surface area contributed by atoms with Gasteiger partial charge in [0.05, 0.1) is 16.2 Å². The molecule has 2 aromatic rings. The molecule has 2 rings (SSSR count). The van der Waals surface area contributed by atoms with Gasteiger partial charge in [-0.05, 0) is 25.5 Å². The monoisotopic (exact) mass is 379 g/mol. The average molecular weight is 380 g/mol. The van der Waals surface area contributed by atoms with Crippen molar-refractivity contribution >= 4 is 27.5 Å². The van der Waals surface area contributed by atoms with Crippen LogP contribution in [0.15, 0.2) is 35.1 Å². The molecule has 1 unspecified atom stereocenters. The molecule has 1 N–H and O–H groups in total. The average Bonchev–Trinajstić information content (AvgIpc) is 2.77. The number of amides is 1. The molecule has 1 heterocycles. The lowest BCUT2D eigenvalue weighted by Crippen LogP contribution is -2.27. The van der Waals surface area contributed by atoms with Crippen molar-refractivity contribution < 1.29 is 4.79 Å². The highest BCUT2D eigenvalue weighted by Gasteiger charge is 2.21. The van der Waals surface area contributed by atoms with Crippen LogP contribution < -0.4 is 10.9 Å². The maximum Gasteiger partial charge on any atom is 0.295 e. The number of nitrogens with zero attached hydrogens (tertiary/aromatic N) is 2. The van der Waals surface area contributed by atoms with Gasteiger partial charge < -0.3 is 5.32 Å². The SMILES string of the molecule is CCCCC(Br)C(=O)Nc1c(C)n(C)n(-c2ccccc2)c1=O. The second-order valence-electron chi connectivity index (χ2n) is 5.54. The Kier molecular flexibility index (Phi) is 5.82. The van der Waals surface area contributed by atoms with Gasteiger partial charge in [-0.1, -0.05) is 53.9 Å². The summed E-state index contributed by atoms with van der Waals surface area (Å²) in [6.45, 7) is 3.91. The molecule has 1 atom stereocenters. The lowest BCUT2D eigenvalue weighted by molar-refractivity contribution is -0.115. The maximum atomic E-state index is 12.7. The molecule has 0 bridgehead atoms. The second-order valence-corrected chi connectivity index (χ2v) is 6.64. The third-order valence-corrected chi connectivity index (χ3v) is 4.77. The number of unbranched alkanes of at least 4 members (excludes halogenated alkanes) is 1. The summed E-state index contributed by atoms with van der Waals surface area (Å²) in [6.07, 6.45) is 2.74. The van der Waals surface area contributed by atoms with Gasteiger partial charge in [0, 0.05) is 7.05 Å². The zero-order chi connectivity index (χ0) is 17.0. The molecule has 1 aromatic carbocycles. The molecule has 0 spiro atoms. The zero-order valence-corrected chi connectivity index (χ0v) is 15.3. The van der Waals surface area contributed by atoms with Crippen LogP contribution in [0.2, 0.25) is 0 Å². The Morgan fingerprint density at radius 2 is 1.96 bits per heavy atom. The van der Waals surface area contributed by atoms with Gasteiger partial charge in [-0.2, -0.15) is 0 Å². The number of nitrogens with one attached hydrogen (secondary N) is 1. The van der Waals surface area contributed by atoms with Gasteiger partial charge in [-0.3, -0.25) is 14.3 Å². The van der Waals surface area contributed by atoms with Crippen molar-refractivity contribution in [1.82, 2.24) is 9.36 Å². The molecule has 0 radical (unpaired) electrons. The van der Waals surface area contributed by atoms with E-state index in [4.69, 9.17) is 0 Å². The summed E-state index contributed by atoms with van der Waals surface area (Å²) in [5, 5.41) is 2.78. The molecule has 0 aliphatic carbocycles. The number of rotatable bonds is 6. The van der Waals surface area contributed by atoms with Gasteiger partial charge in [0.25, 0.3) is 5.56 Å². The summed E-state index contributed by atoms with van der Waals surface area (Å²) in [4.78, 5) is 24.7. The minimum Gasteiger partial charge on any atom is -0.319 e. The molecular weight excluding hydrogens is 358 g/mol. The van der Waals surface area contributed by atoms with Crippen molar-refractivity contribution in [2.24, 2.45) is 7.05 Å². The highest BCUT2D eigenvalue weighted by molar-refractivity contribution is 9.10. The van der Waals surface area contributed by atoms with E-state index in [0.29, 0.717) is 5.69 Å². The van der Waals surface area contributed by atoms with E-state index in [1.165, 1.54) is 0 Å². The van der Waals surface area contributed by atoms with E-state index in [1.54, 1.807) is 9.36 Å². The molecule has 6 heteroatoms. The van der Waals surface area contributed by atoms with Crippen molar-refractivity contribution in [1.29, 1.82) is 0 Å².